The summed E-state index contributed by atoms with van der Waals surface area (Å²) in [6.07, 6.45) is 0. The van der Waals surface area contributed by atoms with Gasteiger partial charge in [0.15, 0.2) is 5.75 Å². The molecular formula is C15H11N3O5. The van der Waals surface area contributed by atoms with Crippen molar-refractivity contribution in [3.8, 4) is 11.5 Å². The van der Waals surface area contributed by atoms with Crippen LogP contribution >= 0.6 is 0 Å². The van der Waals surface area contributed by atoms with Crippen molar-refractivity contribution in [1.82, 2.24) is 0 Å². The average molecular weight is 313 g/mol. The summed E-state index contributed by atoms with van der Waals surface area (Å²) in [6.45, 7) is 0. The first-order valence-corrected chi connectivity index (χ1v) is 6.56. The van der Waals surface area contributed by atoms with Gasteiger partial charge in [-0.15, -0.1) is 0 Å². The Bertz CT molecular complexity index is 862. The van der Waals surface area contributed by atoms with E-state index < -0.39 is 16.7 Å². The third-order valence-electron chi connectivity index (χ3n) is 3.53. The summed E-state index contributed by atoms with van der Waals surface area (Å²) in [7, 11) is 1.49. The second kappa shape index (κ2) is 5.09. The molecule has 0 saturated carbocycles. The van der Waals surface area contributed by atoms with Crippen LogP contribution in [0.5, 0.6) is 11.5 Å². The summed E-state index contributed by atoms with van der Waals surface area (Å²) in [5.74, 6) is -0.563. The Morgan fingerprint density at radius 2 is 1.91 bits per heavy atom. The van der Waals surface area contributed by atoms with E-state index in [0.29, 0.717) is 11.4 Å². The van der Waals surface area contributed by atoms with Crippen molar-refractivity contribution in [2.45, 2.75) is 0 Å². The zero-order chi connectivity index (χ0) is 16.7. The summed E-state index contributed by atoms with van der Waals surface area (Å²) in [6, 6.07) is 8.24. The van der Waals surface area contributed by atoms with Gasteiger partial charge in [0.2, 0.25) is 5.91 Å². The monoisotopic (exact) mass is 313 g/mol. The molecule has 1 heterocycles. The van der Waals surface area contributed by atoms with Crippen molar-refractivity contribution in [1.29, 1.82) is 0 Å². The maximum absolute atomic E-state index is 12.6. The first kappa shape index (κ1) is 14.5. The van der Waals surface area contributed by atoms with Crippen LogP contribution in [0.2, 0.25) is 0 Å². The molecule has 3 rings (SSSR count). The lowest BCUT2D eigenvalue weighted by Crippen LogP contribution is -2.25. The van der Waals surface area contributed by atoms with E-state index in [1.165, 1.54) is 42.3 Å². The molecule has 0 fully saturated rings. The number of anilines is 1. The second-order valence-corrected chi connectivity index (χ2v) is 4.95. The van der Waals surface area contributed by atoms with Crippen molar-refractivity contribution in [3.05, 3.63) is 57.6 Å². The Morgan fingerprint density at radius 1 is 1.22 bits per heavy atom. The van der Waals surface area contributed by atoms with Gasteiger partial charge in [-0.2, -0.15) is 0 Å². The molecule has 1 aliphatic rings. The average Bonchev–Trinajstić information content (AvgIpc) is 2.63. The van der Waals surface area contributed by atoms with E-state index in [1.807, 2.05) is 0 Å². The third-order valence-corrected chi connectivity index (χ3v) is 3.53. The Labute approximate surface area is 130 Å². The maximum atomic E-state index is 12.6. The molecule has 116 valence electrons. The lowest BCUT2D eigenvalue weighted by atomic mass is 10.1. The first-order valence-electron chi connectivity index (χ1n) is 6.56. The first-order chi connectivity index (χ1) is 10.9. The topological polar surface area (TPSA) is 116 Å². The summed E-state index contributed by atoms with van der Waals surface area (Å²) < 4.78 is 5.68. The van der Waals surface area contributed by atoms with Gasteiger partial charge in [-0.3, -0.25) is 19.7 Å². The Kier molecular flexibility index (Phi) is 3.21. The van der Waals surface area contributed by atoms with Crippen molar-refractivity contribution in [2.75, 3.05) is 11.9 Å². The van der Waals surface area contributed by atoms with Crippen molar-refractivity contribution < 1.29 is 19.2 Å². The zero-order valence-corrected chi connectivity index (χ0v) is 12.0. The molecule has 8 heteroatoms. The number of carbonyl (C=O) groups is 2. The quantitative estimate of drug-likeness (QED) is 0.673. The van der Waals surface area contributed by atoms with E-state index in [0.717, 1.165) is 6.07 Å². The minimum Gasteiger partial charge on any atom is -0.454 e. The predicted octanol–water partition coefficient (Wildman–Crippen LogP) is 2.08. The number of carbonyl (C=O) groups excluding carboxylic acids is 2. The highest BCUT2D eigenvalue weighted by atomic mass is 16.6. The number of nitro benzene ring substituents is 1. The minimum absolute atomic E-state index is 0.0681. The standard InChI is InChI=1S/C15H11N3O5/c1-17-11-6-8(14(16)19)2-4-13(11)23-12-5-3-9(18(21)22)7-10(12)15(17)20/h2-7H,1H3,(H2,16,19). The van der Waals surface area contributed by atoms with E-state index in [1.54, 1.807) is 0 Å². The van der Waals surface area contributed by atoms with Gasteiger partial charge < -0.3 is 15.4 Å². The summed E-state index contributed by atoms with van der Waals surface area (Å²) in [4.78, 5) is 35.4. The Hall–Kier alpha value is -3.42. The van der Waals surface area contributed by atoms with Gasteiger partial charge in [0.1, 0.15) is 5.75 Å². The third kappa shape index (κ3) is 2.35. The SMILES string of the molecule is CN1C(=O)c2cc([N+](=O)[O-])ccc2Oc2ccc(C(N)=O)cc21. The van der Waals surface area contributed by atoms with Crippen LogP contribution in [0.3, 0.4) is 0 Å². The molecule has 0 saturated heterocycles. The fraction of sp³-hybridized carbons (Fsp3) is 0.0667. The number of nitro groups is 1. The molecule has 0 aliphatic carbocycles. The molecule has 0 spiro atoms. The molecule has 0 unspecified atom stereocenters. The smallest absolute Gasteiger partial charge is 0.270 e. The van der Waals surface area contributed by atoms with Crippen LogP contribution in [0.15, 0.2) is 36.4 Å². The minimum atomic E-state index is -0.633. The second-order valence-electron chi connectivity index (χ2n) is 4.95. The van der Waals surface area contributed by atoms with Gasteiger partial charge in [-0.1, -0.05) is 0 Å². The summed E-state index contributed by atoms with van der Waals surface area (Å²) >= 11 is 0. The molecule has 0 atom stereocenters. The number of primary amides is 1. The molecule has 23 heavy (non-hydrogen) atoms. The number of amides is 2. The number of hydrogen-bond donors (Lipinski definition) is 1. The fourth-order valence-electron chi connectivity index (χ4n) is 2.32. The molecule has 2 N–H and O–H groups in total. The molecule has 0 aromatic heterocycles. The van der Waals surface area contributed by atoms with Crippen LogP contribution in [-0.4, -0.2) is 23.8 Å². The molecular weight excluding hydrogens is 302 g/mol. The summed E-state index contributed by atoms with van der Waals surface area (Å²) in [5.41, 5.74) is 5.68. The van der Waals surface area contributed by atoms with Crippen LogP contribution in [-0.2, 0) is 0 Å². The van der Waals surface area contributed by atoms with Crippen LogP contribution in [0, 0.1) is 10.1 Å². The Morgan fingerprint density at radius 3 is 2.57 bits per heavy atom. The lowest BCUT2D eigenvalue weighted by molar-refractivity contribution is -0.384. The number of hydrogen-bond acceptors (Lipinski definition) is 5. The van der Waals surface area contributed by atoms with Crippen LogP contribution < -0.4 is 15.4 Å². The highest BCUT2D eigenvalue weighted by molar-refractivity contribution is 6.10. The largest absolute Gasteiger partial charge is 0.454 e. The number of non-ortho nitro benzene ring substituents is 1. The van der Waals surface area contributed by atoms with Gasteiger partial charge >= 0.3 is 0 Å². The molecule has 0 radical (unpaired) electrons. The van der Waals surface area contributed by atoms with E-state index in [4.69, 9.17) is 10.5 Å². The highest BCUT2D eigenvalue weighted by Gasteiger charge is 2.28. The summed E-state index contributed by atoms with van der Waals surface area (Å²) in [5, 5.41) is 10.9. The van der Waals surface area contributed by atoms with E-state index in [9.17, 15) is 19.7 Å². The molecule has 8 nitrogen and oxygen atoms in total. The van der Waals surface area contributed by atoms with E-state index in [2.05, 4.69) is 0 Å². The van der Waals surface area contributed by atoms with Crippen molar-refractivity contribution >= 4 is 23.2 Å². The van der Waals surface area contributed by atoms with Gasteiger partial charge in [0.05, 0.1) is 16.2 Å². The molecule has 1 aliphatic heterocycles. The predicted molar refractivity (Wildman–Crippen MR) is 80.9 cm³/mol. The molecule has 0 bridgehead atoms. The molecule has 2 aromatic rings. The number of nitrogens with zero attached hydrogens (tertiary/aromatic N) is 2. The van der Waals surface area contributed by atoms with Crippen LogP contribution in [0.1, 0.15) is 20.7 Å². The van der Waals surface area contributed by atoms with Gasteiger partial charge in [-0.25, -0.2) is 0 Å². The maximum Gasteiger partial charge on any atom is 0.270 e. The number of rotatable bonds is 2. The van der Waals surface area contributed by atoms with Gasteiger partial charge in [0.25, 0.3) is 11.6 Å². The fourth-order valence-corrected chi connectivity index (χ4v) is 2.32. The Balaban J connectivity index is 2.16. The van der Waals surface area contributed by atoms with Gasteiger partial charge in [0, 0.05) is 24.7 Å². The highest BCUT2D eigenvalue weighted by Crippen LogP contribution is 2.39. The van der Waals surface area contributed by atoms with Crippen LogP contribution in [0.25, 0.3) is 0 Å². The van der Waals surface area contributed by atoms with E-state index >= 15 is 0 Å². The van der Waals surface area contributed by atoms with E-state index in [-0.39, 0.29) is 22.6 Å². The zero-order valence-electron chi connectivity index (χ0n) is 12.0. The van der Waals surface area contributed by atoms with Gasteiger partial charge in [-0.05, 0) is 24.3 Å². The number of fused-ring (bicyclic) bond motifs is 2. The number of nitrogens with two attached hydrogens (primary N) is 1. The number of benzene rings is 2. The molecule has 2 amide bonds. The molecule has 2 aromatic carbocycles. The normalized spacial score (nSPS) is 12.7. The van der Waals surface area contributed by atoms with Crippen molar-refractivity contribution in [3.63, 3.8) is 0 Å². The van der Waals surface area contributed by atoms with Crippen molar-refractivity contribution in [2.24, 2.45) is 5.73 Å². The van der Waals surface area contributed by atoms with Crippen LogP contribution in [0.4, 0.5) is 11.4 Å². The lowest BCUT2D eigenvalue weighted by Gasteiger charge is -2.16. The number of ether oxygens (including phenoxy) is 1.